The fourth-order valence-electron chi connectivity index (χ4n) is 2.27. The second-order valence-corrected chi connectivity index (χ2v) is 5.83. The van der Waals surface area contributed by atoms with Crippen LogP contribution in [0, 0.1) is 13.8 Å². The minimum atomic E-state index is -0.478. The molecule has 0 aliphatic heterocycles. The largest absolute Gasteiger partial charge is 0.491 e. The molecule has 5 heteroatoms. The van der Waals surface area contributed by atoms with Crippen molar-refractivity contribution >= 4 is 5.91 Å². The van der Waals surface area contributed by atoms with E-state index in [1.165, 1.54) is 0 Å². The smallest absolute Gasteiger partial charge is 0.237 e. The lowest BCUT2D eigenvalue weighted by Crippen LogP contribution is -2.46. The van der Waals surface area contributed by atoms with E-state index in [2.05, 4.69) is 5.32 Å². The van der Waals surface area contributed by atoms with Gasteiger partial charge in [0, 0.05) is 0 Å². The van der Waals surface area contributed by atoms with E-state index in [0.29, 0.717) is 19.6 Å². The van der Waals surface area contributed by atoms with Crippen LogP contribution in [0.15, 0.2) is 18.2 Å². The number of benzene rings is 1. The van der Waals surface area contributed by atoms with Crippen molar-refractivity contribution in [2.75, 3.05) is 13.2 Å². The molecule has 0 aliphatic carbocycles. The van der Waals surface area contributed by atoms with Crippen LogP contribution in [-0.2, 0) is 4.79 Å². The van der Waals surface area contributed by atoms with Gasteiger partial charge in [-0.15, -0.1) is 0 Å². The van der Waals surface area contributed by atoms with Gasteiger partial charge in [-0.3, -0.25) is 4.79 Å². The first-order chi connectivity index (χ1) is 10.5. The van der Waals surface area contributed by atoms with Crippen molar-refractivity contribution < 1.29 is 9.53 Å². The molecule has 22 heavy (non-hydrogen) atoms. The molecule has 0 fully saturated rings. The summed E-state index contributed by atoms with van der Waals surface area (Å²) in [6.45, 7) is 7.00. The molecule has 1 rings (SSSR count). The summed E-state index contributed by atoms with van der Waals surface area (Å²) in [5.74, 6) is 0.755. The van der Waals surface area contributed by atoms with Crippen LogP contribution in [0.3, 0.4) is 0 Å². The summed E-state index contributed by atoms with van der Waals surface area (Å²) in [6.07, 6.45) is 2.43. The number of nitrogens with two attached hydrogens (primary N) is 2. The van der Waals surface area contributed by atoms with Gasteiger partial charge < -0.3 is 21.5 Å². The zero-order valence-electron chi connectivity index (χ0n) is 13.9. The second-order valence-electron chi connectivity index (χ2n) is 5.83. The van der Waals surface area contributed by atoms with E-state index in [1.54, 1.807) is 0 Å². The SMILES string of the molecule is Cc1cccc(C)c1OCC(C)NC(=O)C(N)CCCCN. The highest BCUT2D eigenvalue weighted by atomic mass is 16.5. The van der Waals surface area contributed by atoms with Gasteiger partial charge >= 0.3 is 0 Å². The van der Waals surface area contributed by atoms with Crippen LogP contribution in [0.5, 0.6) is 5.75 Å². The number of hydrogen-bond acceptors (Lipinski definition) is 4. The molecule has 2 atom stereocenters. The standard InChI is InChI=1S/C17H29N3O2/c1-12-7-6-8-13(2)16(12)22-11-14(3)20-17(21)15(19)9-4-5-10-18/h6-8,14-15H,4-5,9-11,18-19H2,1-3H3,(H,20,21). The zero-order valence-corrected chi connectivity index (χ0v) is 13.9. The normalized spacial score (nSPS) is 13.5. The highest BCUT2D eigenvalue weighted by molar-refractivity contribution is 5.81. The molecule has 2 unspecified atom stereocenters. The lowest BCUT2D eigenvalue weighted by atomic mass is 10.1. The van der Waals surface area contributed by atoms with Crippen molar-refractivity contribution in [1.82, 2.24) is 5.32 Å². The quantitative estimate of drug-likeness (QED) is 0.605. The molecule has 0 heterocycles. The average molecular weight is 307 g/mol. The van der Waals surface area contributed by atoms with Gasteiger partial charge in [0.25, 0.3) is 0 Å². The van der Waals surface area contributed by atoms with Gasteiger partial charge in [-0.05, 0) is 51.3 Å². The predicted molar refractivity (Wildman–Crippen MR) is 89.9 cm³/mol. The summed E-state index contributed by atoms with van der Waals surface area (Å²) in [5.41, 5.74) is 13.5. The fourth-order valence-corrected chi connectivity index (χ4v) is 2.27. The lowest BCUT2D eigenvalue weighted by molar-refractivity contribution is -0.123. The number of nitrogens with one attached hydrogen (secondary N) is 1. The number of para-hydroxylation sites is 1. The second kappa shape index (κ2) is 9.43. The topological polar surface area (TPSA) is 90.4 Å². The molecule has 0 aromatic heterocycles. The number of amides is 1. The summed E-state index contributed by atoms with van der Waals surface area (Å²) < 4.78 is 5.84. The number of carbonyl (C=O) groups excluding carboxylic acids is 1. The molecule has 5 nitrogen and oxygen atoms in total. The zero-order chi connectivity index (χ0) is 16.5. The maximum Gasteiger partial charge on any atom is 0.237 e. The third-order valence-electron chi connectivity index (χ3n) is 3.58. The summed E-state index contributed by atoms with van der Waals surface area (Å²) in [6, 6.07) is 5.46. The first-order valence-corrected chi connectivity index (χ1v) is 7.90. The molecule has 0 saturated carbocycles. The minimum absolute atomic E-state index is 0.0907. The van der Waals surface area contributed by atoms with E-state index in [9.17, 15) is 4.79 Å². The van der Waals surface area contributed by atoms with Crippen molar-refractivity contribution in [3.05, 3.63) is 29.3 Å². The number of rotatable bonds is 9. The maximum atomic E-state index is 12.0. The van der Waals surface area contributed by atoms with E-state index in [-0.39, 0.29) is 11.9 Å². The van der Waals surface area contributed by atoms with Crippen LogP contribution >= 0.6 is 0 Å². The Balaban J connectivity index is 2.39. The number of ether oxygens (including phenoxy) is 1. The van der Waals surface area contributed by atoms with Gasteiger partial charge in [0.1, 0.15) is 12.4 Å². The van der Waals surface area contributed by atoms with Crippen molar-refractivity contribution in [3.63, 3.8) is 0 Å². The van der Waals surface area contributed by atoms with Crippen molar-refractivity contribution in [2.24, 2.45) is 11.5 Å². The Morgan fingerprint density at radius 1 is 1.27 bits per heavy atom. The molecular formula is C17H29N3O2. The van der Waals surface area contributed by atoms with Gasteiger partial charge in [-0.2, -0.15) is 0 Å². The Bertz CT molecular complexity index is 457. The van der Waals surface area contributed by atoms with Crippen molar-refractivity contribution in [2.45, 2.75) is 52.1 Å². The minimum Gasteiger partial charge on any atom is -0.491 e. The number of unbranched alkanes of at least 4 members (excludes halogenated alkanes) is 1. The van der Waals surface area contributed by atoms with Crippen molar-refractivity contribution in [1.29, 1.82) is 0 Å². The van der Waals surface area contributed by atoms with Gasteiger partial charge in [-0.25, -0.2) is 0 Å². The van der Waals surface area contributed by atoms with E-state index in [4.69, 9.17) is 16.2 Å². The number of hydrogen-bond donors (Lipinski definition) is 3. The van der Waals surface area contributed by atoms with Crippen molar-refractivity contribution in [3.8, 4) is 5.75 Å². The molecule has 0 aliphatic rings. The molecular weight excluding hydrogens is 278 g/mol. The molecule has 1 amide bonds. The van der Waals surface area contributed by atoms with Gasteiger partial charge in [0.15, 0.2) is 0 Å². The van der Waals surface area contributed by atoms with Gasteiger partial charge in [0.2, 0.25) is 5.91 Å². The monoisotopic (exact) mass is 307 g/mol. The van der Waals surface area contributed by atoms with E-state index in [0.717, 1.165) is 29.7 Å². The molecule has 0 radical (unpaired) electrons. The first-order valence-electron chi connectivity index (χ1n) is 7.90. The van der Waals surface area contributed by atoms with Crippen LogP contribution < -0.4 is 21.5 Å². The van der Waals surface area contributed by atoms with Crippen LogP contribution in [0.1, 0.15) is 37.3 Å². The fraction of sp³-hybridized carbons (Fsp3) is 0.588. The Morgan fingerprint density at radius 3 is 2.50 bits per heavy atom. The molecule has 1 aromatic carbocycles. The van der Waals surface area contributed by atoms with Crippen LogP contribution in [0.2, 0.25) is 0 Å². The Labute approximate surface area is 133 Å². The number of carbonyl (C=O) groups is 1. The van der Waals surface area contributed by atoms with E-state index in [1.807, 2.05) is 39.0 Å². The van der Waals surface area contributed by atoms with Crippen LogP contribution in [0.25, 0.3) is 0 Å². The molecule has 0 saturated heterocycles. The Morgan fingerprint density at radius 2 is 1.91 bits per heavy atom. The van der Waals surface area contributed by atoms with Gasteiger partial charge in [0.05, 0.1) is 12.1 Å². The van der Waals surface area contributed by atoms with E-state index >= 15 is 0 Å². The molecule has 124 valence electrons. The third kappa shape index (κ3) is 6.03. The molecule has 5 N–H and O–H groups in total. The van der Waals surface area contributed by atoms with Crippen LogP contribution in [-0.4, -0.2) is 31.1 Å². The number of aryl methyl sites for hydroxylation is 2. The van der Waals surface area contributed by atoms with E-state index < -0.39 is 6.04 Å². The first kappa shape index (κ1) is 18.5. The highest BCUT2D eigenvalue weighted by Crippen LogP contribution is 2.22. The Hall–Kier alpha value is -1.59. The Kier molecular flexibility index (Phi) is 7.91. The highest BCUT2D eigenvalue weighted by Gasteiger charge is 2.16. The molecule has 0 bridgehead atoms. The summed E-state index contributed by atoms with van der Waals surface area (Å²) in [5, 5.41) is 2.90. The molecule has 1 aromatic rings. The average Bonchev–Trinajstić information content (AvgIpc) is 2.46. The maximum absolute atomic E-state index is 12.0. The predicted octanol–water partition coefficient (Wildman–Crippen LogP) is 1.64. The van der Waals surface area contributed by atoms with Gasteiger partial charge in [-0.1, -0.05) is 24.6 Å². The summed E-state index contributed by atoms with van der Waals surface area (Å²) in [4.78, 5) is 12.0. The summed E-state index contributed by atoms with van der Waals surface area (Å²) >= 11 is 0. The third-order valence-corrected chi connectivity index (χ3v) is 3.58. The molecule has 0 spiro atoms. The van der Waals surface area contributed by atoms with Crippen LogP contribution in [0.4, 0.5) is 0 Å². The lowest BCUT2D eigenvalue weighted by Gasteiger charge is -2.19. The summed E-state index contributed by atoms with van der Waals surface area (Å²) in [7, 11) is 0.